The second-order valence-corrected chi connectivity index (χ2v) is 7.44. The third kappa shape index (κ3) is 3.01. The summed E-state index contributed by atoms with van der Waals surface area (Å²) >= 11 is 1.84. The molecule has 114 valence electrons. The molecule has 2 aromatic rings. The minimum Gasteiger partial charge on any atom is -0.329 e. The first-order valence-corrected chi connectivity index (χ1v) is 8.96. The number of thiophene rings is 1. The Morgan fingerprint density at radius 2 is 2.14 bits per heavy atom. The van der Waals surface area contributed by atoms with Crippen LogP contribution in [0, 0.1) is 5.92 Å². The summed E-state index contributed by atoms with van der Waals surface area (Å²) in [5.41, 5.74) is 7.58. The number of hydrogen-bond donors (Lipinski definition) is 1. The molecule has 21 heavy (non-hydrogen) atoms. The first-order valence-electron chi connectivity index (χ1n) is 8.08. The summed E-state index contributed by atoms with van der Waals surface area (Å²) in [5.74, 6) is 0.851. The van der Waals surface area contributed by atoms with E-state index in [2.05, 4.69) is 48.5 Å². The van der Waals surface area contributed by atoms with Crippen molar-refractivity contribution in [3.63, 3.8) is 0 Å². The van der Waals surface area contributed by atoms with Crippen LogP contribution >= 0.6 is 11.3 Å². The fourth-order valence-corrected chi connectivity index (χ4v) is 4.80. The third-order valence-corrected chi connectivity index (χ3v) is 6.05. The van der Waals surface area contributed by atoms with Gasteiger partial charge in [0.1, 0.15) is 0 Å². The normalized spacial score (nSPS) is 24.6. The van der Waals surface area contributed by atoms with E-state index < -0.39 is 0 Å². The lowest BCUT2D eigenvalue weighted by Gasteiger charge is -2.38. The van der Waals surface area contributed by atoms with Gasteiger partial charge < -0.3 is 5.73 Å². The molecule has 0 saturated heterocycles. The second-order valence-electron chi connectivity index (χ2n) is 6.53. The van der Waals surface area contributed by atoms with Crippen molar-refractivity contribution in [3.05, 3.63) is 35.2 Å². The molecule has 0 amide bonds. The number of likely N-dealkylation sites (N-methyl/N-ethyl adjacent to an activating group) is 1. The van der Waals surface area contributed by atoms with Crippen molar-refractivity contribution in [2.75, 3.05) is 13.6 Å². The Kier molecular flexibility index (Phi) is 4.63. The highest BCUT2D eigenvalue weighted by molar-refractivity contribution is 7.17. The van der Waals surface area contributed by atoms with Gasteiger partial charge in [0.15, 0.2) is 0 Å². The van der Waals surface area contributed by atoms with Crippen molar-refractivity contribution in [3.8, 4) is 0 Å². The topological polar surface area (TPSA) is 29.3 Å². The van der Waals surface area contributed by atoms with Gasteiger partial charge in [0.2, 0.25) is 0 Å². The molecule has 0 spiro atoms. The van der Waals surface area contributed by atoms with E-state index in [9.17, 15) is 0 Å². The molecular formula is C18H26N2S. The Morgan fingerprint density at radius 3 is 2.90 bits per heavy atom. The summed E-state index contributed by atoms with van der Waals surface area (Å²) in [4.78, 5) is 2.55. The number of benzene rings is 1. The molecule has 3 heteroatoms. The minimum atomic E-state index is 0.344. The van der Waals surface area contributed by atoms with Gasteiger partial charge in [0.05, 0.1) is 0 Å². The number of nitrogens with two attached hydrogens (primary N) is 1. The van der Waals surface area contributed by atoms with E-state index in [-0.39, 0.29) is 0 Å². The van der Waals surface area contributed by atoms with Gasteiger partial charge >= 0.3 is 0 Å². The van der Waals surface area contributed by atoms with Crippen LogP contribution in [0.2, 0.25) is 0 Å². The average molecular weight is 302 g/mol. The molecule has 1 aromatic carbocycles. The largest absolute Gasteiger partial charge is 0.329 e. The lowest BCUT2D eigenvalue weighted by atomic mass is 9.85. The first kappa shape index (κ1) is 15.0. The minimum absolute atomic E-state index is 0.344. The number of rotatable bonds is 4. The SMILES string of the molecule is CC1CCCC(N(C)C(CN)c2csc3ccccc23)C1. The Bertz CT molecular complexity index is 592. The molecular weight excluding hydrogens is 276 g/mol. The third-order valence-electron chi connectivity index (χ3n) is 5.07. The highest BCUT2D eigenvalue weighted by Gasteiger charge is 2.28. The van der Waals surface area contributed by atoms with Crippen LogP contribution in [0.25, 0.3) is 10.1 Å². The fraction of sp³-hybridized carbons (Fsp3) is 0.556. The van der Waals surface area contributed by atoms with E-state index in [4.69, 9.17) is 5.73 Å². The van der Waals surface area contributed by atoms with Crippen LogP contribution in [0.5, 0.6) is 0 Å². The summed E-state index contributed by atoms with van der Waals surface area (Å²) in [6.45, 7) is 3.08. The molecule has 1 heterocycles. The molecule has 1 aromatic heterocycles. The molecule has 0 radical (unpaired) electrons. The van der Waals surface area contributed by atoms with Crippen LogP contribution in [0.15, 0.2) is 29.6 Å². The van der Waals surface area contributed by atoms with Crippen molar-refractivity contribution >= 4 is 21.4 Å². The maximum absolute atomic E-state index is 6.16. The maximum Gasteiger partial charge on any atom is 0.0484 e. The van der Waals surface area contributed by atoms with Crippen LogP contribution in [0.1, 0.15) is 44.2 Å². The van der Waals surface area contributed by atoms with Gasteiger partial charge in [-0.05, 0) is 48.2 Å². The second kappa shape index (κ2) is 6.47. The molecule has 3 unspecified atom stereocenters. The molecule has 1 aliphatic carbocycles. The molecule has 0 aliphatic heterocycles. The summed E-state index contributed by atoms with van der Waals surface area (Å²) in [6.07, 6.45) is 5.38. The smallest absolute Gasteiger partial charge is 0.0484 e. The number of fused-ring (bicyclic) bond motifs is 1. The van der Waals surface area contributed by atoms with E-state index in [0.29, 0.717) is 18.6 Å². The first-order chi connectivity index (χ1) is 10.2. The van der Waals surface area contributed by atoms with Crippen molar-refractivity contribution in [1.82, 2.24) is 4.90 Å². The van der Waals surface area contributed by atoms with Crippen LogP contribution in [-0.4, -0.2) is 24.5 Å². The van der Waals surface area contributed by atoms with Crippen LogP contribution in [-0.2, 0) is 0 Å². The van der Waals surface area contributed by atoms with Crippen molar-refractivity contribution in [1.29, 1.82) is 0 Å². The molecule has 1 fully saturated rings. The zero-order chi connectivity index (χ0) is 14.8. The summed E-state index contributed by atoms with van der Waals surface area (Å²) in [7, 11) is 2.27. The maximum atomic E-state index is 6.16. The van der Waals surface area contributed by atoms with Gasteiger partial charge in [-0.1, -0.05) is 38.0 Å². The standard InChI is InChI=1S/C18H26N2S/c1-13-6-5-7-14(10-13)20(2)17(11-19)16-12-21-18-9-4-3-8-15(16)18/h3-4,8-9,12-14,17H,5-7,10-11,19H2,1-2H3. The van der Waals surface area contributed by atoms with Crippen molar-refractivity contribution in [2.24, 2.45) is 11.7 Å². The lowest BCUT2D eigenvalue weighted by Crippen LogP contribution is -2.40. The highest BCUT2D eigenvalue weighted by atomic mass is 32.1. The Labute approximate surface area is 131 Å². The zero-order valence-corrected chi connectivity index (χ0v) is 13.9. The molecule has 2 nitrogen and oxygen atoms in total. The Balaban J connectivity index is 1.87. The lowest BCUT2D eigenvalue weighted by molar-refractivity contribution is 0.122. The van der Waals surface area contributed by atoms with E-state index in [1.807, 2.05) is 11.3 Å². The van der Waals surface area contributed by atoms with Crippen molar-refractivity contribution < 1.29 is 0 Å². The van der Waals surface area contributed by atoms with E-state index in [1.165, 1.54) is 41.3 Å². The Hall–Kier alpha value is -0.900. The molecule has 1 saturated carbocycles. The summed E-state index contributed by atoms with van der Waals surface area (Å²) < 4.78 is 1.37. The van der Waals surface area contributed by atoms with Gasteiger partial charge in [0.25, 0.3) is 0 Å². The van der Waals surface area contributed by atoms with Crippen LogP contribution in [0.4, 0.5) is 0 Å². The van der Waals surface area contributed by atoms with Crippen LogP contribution < -0.4 is 5.73 Å². The molecule has 0 bridgehead atoms. The van der Waals surface area contributed by atoms with Gasteiger partial charge in [-0.15, -0.1) is 11.3 Å². The van der Waals surface area contributed by atoms with Gasteiger partial charge in [0, 0.05) is 23.3 Å². The monoisotopic (exact) mass is 302 g/mol. The van der Waals surface area contributed by atoms with Gasteiger partial charge in [-0.3, -0.25) is 4.90 Å². The van der Waals surface area contributed by atoms with Crippen molar-refractivity contribution in [2.45, 2.75) is 44.7 Å². The molecule has 2 N–H and O–H groups in total. The quantitative estimate of drug-likeness (QED) is 0.906. The van der Waals surface area contributed by atoms with E-state index in [0.717, 1.165) is 5.92 Å². The Morgan fingerprint density at radius 1 is 1.33 bits per heavy atom. The predicted octanol–water partition coefficient (Wildman–Crippen LogP) is 4.41. The fourth-order valence-electron chi connectivity index (χ4n) is 3.80. The predicted molar refractivity (Wildman–Crippen MR) is 92.8 cm³/mol. The van der Waals surface area contributed by atoms with E-state index >= 15 is 0 Å². The average Bonchev–Trinajstić information content (AvgIpc) is 2.92. The highest BCUT2D eigenvalue weighted by Crippen LogP contribution is 2.36. The zero-order valence-electron chi connectivity index (χ0n) is 13.1. The van der Waals surface area contributed by atoms with Crippen LogP contribution in [0.3, 0.4) is 0 Å². The number of nitrogens with zero attached hydrogens (tertiary/aromatic N) is 1. The molecule has 3 atom stereocenters. The number of hydrogen-bond acceptors (Lipinski definition) is 3. The van der Waals surface area contributed by atoms with E-state index in [1.54, 1.807) is 0 Å². The summed E-state index contributed by atoms with van der Waals surface area (Å²) in [5, 5.41) is 3.69. The van der Waals surface area contributed by atoms with Gasteiger partial charge in [-0.2, -0.15) is 0 Å². The summed E-state index contributed by atoms with van der Waals surface area (Å²) in [6, 6.07) is 9.72. The molecule has 1 aliphatic rings. The molecule has 3 rings (SSSR count). The van der Waals surface area contributed by atoms with Gasteiger partial charge in [-0.25, -0.2) is 0 Å².